The van der Waals surface area contributed by atoms with E-state index < -0.39 is 20.7 Å². The monoisotopic (exact) mass is 249 g/mol. The molecule has 1 atom stereocenters. The third-order valence-corrected chi connectivity index (χ3v) is 4.43. The number of rotatable bonds is 7. The summed E-state index contributed by atoms with van der Waals surface area (Å²) in [5.41, 5.74) is 0. The Morgan fingerprint density at radius 3 is 2.44 bits per heavy atom. The van der Waals surface area contributed by atoms with Gasteiger partial charge in [0.15, 0.2) is 0 Å². The predicted octanol–water partition coefficient (Wildman–Crippen LogP) is 0.953. The Hall–Kier alpha value is -0.880. The molecule has 94 valence electrons. The average molecular weight is 249 g/mol. The van der Waals surface area contributed by atoms with Gasteiger partial charge in [-0.05, 0) is 26.2 Å². The topological polar surface area (TPSA) is 86.5 Å². The molecule has 0 heterocycles. The molecule has 0 aliphatic heterocycles. The number of primary sulfonamides is 1. The van der Waals surface area contributed by atoms with Crippen molar-refractivity contribution in [3.8, 4) is 0 Å². The molecule has 0 radical (unpaired) electrons. The number of methoxy groups -OCH3 is 1. The van der Waals surface area contributed by atoms with Crippen molar-refractivity contribution < 1.29 is 17.9 Å². The van der Waals surface area contributed by atoms with Gasteiger partial charge in [0.2, 0.25) is 10.0 Å². The van der Waals surface area contributed by atoms with Gasteiger partial charge < -0.3 is 4.74 Å². The van der Waals surface area contributed by atoms with Crippen molar-refractivity contribution in [2.24, 2.45) is 5.14 Å². The summed E-state index contributed by atoms with van der Waals surface area (Å²) in [6.07, 6.45) is 2.72. The van der Waals surface area contributed by atoms with Crippen LogP contribution in [0.25, 0.3) is 0 Å². The number of hydrogen-bond acceptors (Lipinski definition) is 4. The lowest BCUT2D eigenvalue weighted by Gasteiger charge is -2.26. The number of nitrogens with two attached hydrogens (primary N) is 1. The zero-order valence-corrected chi connectivity index (χ0v) is 10.5. The summed E-state index contributed by atoms with van der Waals surface area (Å²) in [7, 11) is -2.43. The van der Waals surface area contributed by atoms with E-state index in [1.807, 2.05) is 0 Å². The quantitative estimate of drug-likeness (QED) is 0.537. The molecule has 0 fully saturated rings. The molecule has 0 aliphatic carbocycles. The maximum Gasteiger partial charge on any atom is 0.305 e. The van der Waals surface area contributed by atoms with Gasteiger partial charge in [0.25, 0.3) is 0 Å². The maximum atomic E-state index is 11.5. The Morgan fingerprint density at radius 2 is 2.06 bits per heavy atom. The minimum atomic E-state index is -3.70. The van der Waals surface area contributed by atoms with Gasteiger partial charge in [0, 0.05) is 6.42 Å². The second-order valence-electron chi connectivity index (χ2n) is 3.90. The van der Waals surface area contributed by atoms with Crippen molar-refractivity contribution in [3.63, 3.8) is 0 Å². The summed E-state index contributed by atoms with van der Waals surface area (Å²) in [6, 6.07) is 0. The fourth-order valence-electron chi connectivity index (χ4n) is 1.29. The van der Waals surface area contributed by atoms with Gasteiger partial charge in [-0.2, -0.15) is 0 Å². The van der Waals surface area contributed by atoms with Crippen LogP contribution >= 0.6 is 0 Å². The summed E-state index contributed by atoms with van der Waals surface area (Å²) in [5, 5.41) is 5.17. The number of sulfonamides is 1. The van der Waals surface area contributed by atoms with Crippen LogP contribution in [0.3, 0.4) is 0 Å². The highest BCUT2D eigenvalue weighted by atomic mass is 32.2. The molecular weight excluding hydrogens is 230 g/mol. The minimum Gasteiger partial charge on any atom is -0.469 e. The summed E-state index contributed by atoms with van der Waals surface area (Å²) < 4.78 is 26.3. The molecular formula is C10H19NO4S. The minimum absolute atomic E-state index is 0.0422. The van der Waals surface area contributed by atoms with Gasteiger partial charge in [-0.1, -0.05) is 6.08 Å². The van der Waals surface area contributed by atoms with Crippen molar-refractivity contribution in [2.75, 3.05) is 7.11 Å². The van der Waals surface area contributed by atoms with Gasteiger partial charge in [0.1, 0.15) is 0 Å². The molecule has 0 aromatic carbocycles. The van der Waals surface area contributed by atoms with Gasteiger partial charge >= 0.3 is 5.97 Å². The van der Waals surface area contributed by atoms with Gasteiger partial charge in [-0.15, -0.1) is 6.58 Å². The van der Waals surface area contributed by atoms with Crippen molar-refractivity contribution in [1.29, 1.82) is 0 Å². The normalized spacial score (nSPS) is 15.2. The van der Waals surface area contributed by atoms with E-state index in [-0.39, 0.29) is 12.8 Å². The van der Waals surface area contributed by atoms with Crippen molar-refractivity contribution in [2.45, 2.75) is 37.4 Å². The standard InChI is InChI=1S/C10H19NO4S/c1-4-5-7-10(2,16(11,13)14)8-6-9(12)15-3/h4H,1,5-8H2,2-3H3,(H2,11,13,14)/t10-/m1/s1. The zero-order valence-electron chi connectivity index (χ0n) is 9.73. The lowest BCUT2D eigenvalue weighted by Crippen LogP contribution is -2.41. The van der Waals surface area contributed by atoms with Crippen LogP contribution in [0.15, 0.2) is 12.7 Å². The van der Waals surface area contributed by atoms with Crippen LogP contribution in [-0.2, 0) is 19.6 Å². The molecule has 0 amide bonds. The Bertz CT molecular complexity index is 350. The van der Waals surface area contributed by atoms with E-state index in [4.69, 9.17) is 5.14 Å². The fourth-order valence-corrected chi connectivity index (χ4v) is 2.07. The molecule has 6 heteroatoms. The highest BCUT2D eigenvalue weighted by Gasteiger charge is 2.36. The van der Waals surface area contributed by atoms with Crippen LogP contribution in [0, 0.1) is 0 Å². The van der Waals surface area contributed by atoms with E-state index in [0.717, 1.165) is 0 Å². The van der Waals surface area contributed by atoms with Crippen LogP contribution in [0.1, 0.15) is 32.6 Å². The molecule has 0 saturated carbocycles. The average Bonchev–Trinajstić information content (AvgIpc) is 2.21. The van der Waals surface area contributed by atoms with E-state index in [9.17, 15) is 13.2 Å². The Balaban J connectivity index is 4.68. The van der Waals surface area contributed by atoms with E-state index in [2.05, 4.69) is 11.3 Å². The van der Waals surface area contributed by atoms with Crippen molar-refractivity contribution >= 4 is 16.0 Å². The van der Waals surface area contributed by atoms with Crippen LogP contribution in [0.4, 0.5) is 0 Å². The number of carbonyl (C=O) groups is 1. The zero-order chi connectivity index (χ0) is 12.8. The first kappa shape index (κ1) is 15.1. The third kappa shape index (κ3) is 4.32. The molecule has 0 spiro atoms. The molecule has 0 saturated heterocycles. The van der Waals surface area contributed by atoms with Crippen LogP contribution in [-0.4, -0.2) is 26.2 Å². The van der Waals surface area contributed by atoms with Crippen LogP contribution < -0.4 is 5.14 Å². The second kappa shape index (κ2) is 6.00. The second-order valence-corrected chi connectivity index (χ2v) is 5.97. The molecule has 0 bridgehead atoms. The number of carbonyl (C=O) groups excluding carboxylic acids is 1. The van der Waals surface area contributed by atoms with E-state index in [1.54, 1.807) is 6.08 Å². The molecule has 0 aromatic rings. The Morgan fingerprint density at radius 1 is 1.50 bits per heavy atom. The molecule has 0 aromatic heterocycles. The van der Waals surface area contributed by atoms with Crippen molar-refractivity contribution in [3.05, 3.63) is 12.7 Å². The summed E-state index contributed by atoms with van der Waals surface area (Å²) in [6.45, 7) is 5.07. The highest BCUT2D eigenvalue weighted by Crippen LogP contribution is 2.27. The Kier molecular flexibility index (Phi) is 5.67. The molecule has 16 heavy (non-hydrogen) atoms. The number of esters is 1. The Labute approximate surface area is 96.7 Å². The summed E-state index contributed by atoms with van der Waals surface area (Å²) in [5.74, 6) is -0.437. The van der Waals surface area contributed by atoms with E-state index in [1.165, 1.54) is 14.0 Å². The fraction of sp³-hybridized carbons (Fsp3) is 0.700. The first-order valence-corrected chi connectivity index (χ1v) is 6.51. The van der Waals surface area contributed by atoms with Gasteiger partial charge in [0.05, 0.1) is 11.9 Å². The SMILES string of the molecule is C=CCC[C@](C)(CCC(=O)OC)S(N)(=O)=O. The lowest BCUT2D eigenvalue weighted by atomic mass is 9.98. The van der Waals surface area contributed by atoms with Gasteiger partial charge in [-0.25, -0.2) is 13.6 Å². The molecule has 0 unspecified atom stereocenters. The lowest BCUT2D eigenvalue weighted by molar-refractivity contribution is -0.140. The van der Waals surface area contributed by atoms with Gasteiger partial charge in [-0.3, -0.25) is 4.79 Å². The number of ether oxygens (including phenoxy) is 1. The van der Waals surface area contributed by atoms with E-state index in [0.29, 0.717) is 12.8 Å². The largest absolute Gasteiger partial charge is 0.469 e. The van der Waals surface area contributed by atoms with Crippen LogP contribution in [0.2, 0.25) is 0 Å². The van der Waals surface area contributed by atoms with E-state index >= 15 is 0 Å². The molecule has 2 N–H and O–H groups in total. The molecule has 5 nitrogen and oxygen atoms in total. The smallest absolute Gasteiger partial charge is 0.305 e. The summed E-state index contributed by atoms with van der Waals surface area (Å²) >= 11 is 0. The maximum absolute atomic E-state index is 11.5. The summed E-state index contributed by atoms with van der Waals surface area (Å²) in [4.78, 5) is 11.0. The third-order valence-electron chi connectivity index (χ3n) is 2.65. The predicted molar refractivity (Wildman–Crippen MR) is 62.2 cm³/mol. The first-order valence-electron chi connectivity index (χ1n) is 4.97. The highest BCUT2D eigenvalue weighted by molar-refractivity contribution is 7.90. The molecule has 0 aliphatic rings. The number of hydrogen-bond donors (Lipinski definition) is 1. The van der Waals surface area contributed by atoms with Crippen LogP contribution in [0.5, 0.6) is 0 Å². The first-order chi connectivity index (χ1) is 7.27. The molecule has 0 rings (SSSR count). The number of allylic oxidation sites excluding steroid dienone is 1. The van der Waals surface area contributed by atoms with Crippen molar-refractivity contribution in [1.82, 2.24) is 0 Å².